The second kappa shape index (κ2) is 7.51. The number of nitrogens with one attached hydrogen (secondary N) is 1. The molecule has 2 amide bonds. The lowest BCUT2D eigenvalue weighted by Crippen LogP contribution is -2.30. The van der Waals surface area contributed by atoms with Gasteiger partial charge in [0.1, 0.15) is 0 Å². The summed E-state index contributed by atoms with van der Waals surface area (Å²) in [5.74, 6) is 0.103. The Hall–Kier alpha value is -2.63. The molecule has 1 aromatic carbocycles. The molecule has 132 valence electrons. The number of hydrogen-bond acceptors (Lipinski definition) is 3. The van der Waals surface area contributed by atoms with Crippen LogP contribution in [-0.2, 0) is 4.79 Å². The van der Waals surface area contributed by atoms with Crippen molar-refractivity contribution in [3.63, 3.8) is 0 Å². The van der Waals surface area contributed by atoms with Gasteiger partial charge in [-0.25, -0.2) is 4.68 Å². The van der Waals surface area contributed by atoms with E-state index in [-0.39, 0.29) is 11.8 Å². The zero-order valence-electron chi connectivity index (χ0n) is 14.8. The fourth-order valence-corrected chi connectivity index (χ4v) is 3.18. The summed E-state index contributed by atoms with van der Waals surface area (Å²) in [7, 11) is 0. The molecule has 1 aromatic heterocycles. The minimum absolute atomic E-state index is 0.120. The Bertz CT molecular complexity index is 781. The third-order valence-electron chi connectivity index (χ3n) is 4.66. The number of rotatable bonds is 6. The Kier molecular flexibility index (Phi) is 5.16. The molecule has 1 aliphatic rings. The third kappa shape index (κ3) is 3.73. The van der Waals surface area contributed by atoms with Crippen molar-refractivity contribution in [1.29, 1.82) is 0 Å². The molecule has 25 heavy (non-hydrogen) atoms. The van der Waals surface area contributed by atoms with E-state index in [0.717, 1.165) is 36.3 Å². The summed E-state index contributed by atoms with van der Waals surface area (Å²) in [4.78, 5) is 25.8. The highest BCUT2D eigenvalue weighted by atomic mass is 16.2. The van der Waals surface area contributed by atoms with Gasteiger partial charge in [0.25, 0.3) is 5.91 Å². The molecule has 0 radical (unpaired) electrons. The molecule has 6 heteroatoms. The number of likely N-dealkylation sites (tertiary alicyclic amines) is 1. The molecule has 1 aliphatic heterocycles. The molecule has 2 heterocycles. The maximum atomic E-state index is 12.4. The number of aromatic nitrogens is 2. The number of aryl methyl sites for hydroxylation is 1. The first-order valence-electron chi connectivity index (χ1n) is 8.74. The number of hydrogen-bond donors (Lipinski definition) is 1. The topological polar surface area (TPSA) is 67.2 Å². The minimum Gasteiger partial charge on any atom is -0.352 e. The van der Waals surface area contributed by atoms with E-state index >= 15 is 0 Å². The van der Waals surface area contributed by atoms with Gasteiger partial charge in [-0.2, -0.15) is 5.10 Å². The molecule has 0 unspecified atom stereocenters. The van der Waals surface area contributed by atoms with Gasteiger partial charge in [0.2, 0.25) is 5.91 Å². The highest BCUT2D eigenvalue weighted by Gasteiger charge is 2.19. The predicted octanol–water partition coefficient (Wildman–Crippen LogP) is 2.23. The lowest BCUT2D eigenvalue weighted by atomic mass is 10.2. The number of amides is 2. The molecule has 3 rings (SSSR count). The average molecular weight is 340 g/mol. The predicted molar refractivity (Wildman–Crippen MR) is 95.8 cm³/mol. The monoisotopic (exact) mass is 340 g/mol. The highest BCUT2D eigenvalue weighted by molar-refractivity contribution is 5.95. The van der Waals surface area contributed by atoms with Crippen LogP contribution in [0.5, 0.6) is 0 Å². The zero-order chi connectivity index (χ0) is 17.8. The number of nitrogens with zero attached hydrogens (tertiary/aromatic N) is 3. The van der Waals surface area contributed by atoms with E-state index in [0.29, 0.717) is 25.1 Å². The molecule has 0 saturated carbocycles. The molecule has 2 aromatic rings. The molecule has 1 saturated heterocycles. The van der Waals surface area contributed by atoms with E-state index in [2.05, 4.69) is 10.4 Å². The number of benzene rings is 1. The lowest BCUT2D eigenvalue weighted by Gasteiger charge is -2.15. The maximum Gasteiger partial charge on any atom is 0.254 e. The van der Waals surface area contributed by atoms with Gasteiger partial charge in [-0.1, -0.05) is 18.2 Å². The van der Waals surface area contributed by atoms with E-state index < -0.39 is 0 Å². The molecular formula is C19H24N4O2. The third-order valence-corrected chi connectivity index (χ3v) is 4.66. The van der Waals surface area contributed by atoms with Gasteiger partial charge >= 0.3 is 0 Å². The number of carbonyl (C=O) groups excluding carboxylic acids is 2. The van der Waals surface area contributed by atoms with Crippen molar-refractivity contribution in [3.05, 3.63) is 47.3 Å². The Labute approximate surface area is 147 Å². The van der Waals surface area contributed by atoms with Crippen molar-refractivity contribution >= 4 is 11.8 Å². The summed E-state index contributed by atoms with van der Waals surface area (Å²) >= 11 is 0. The van der Waals surface area contributed by atoms with Gasteiger partial charge in [0.15, 0.2) is 0 Å². The van der Waals surface area contributed by atoms with Crippen LogP contribution in [0.25, 0.3) is 5.69 Å². The van der Waals surface area contributed by atoms with Gasteiger partial charge in [0.05, 0.1) is 23.1 Å². The Morgan fingerprint density at radius 3 is 2.80 bits per heavy atom. The van der Waals surface area contributed by atoms with Crippen LogP contribution >= 0.6 is 0 Å². The SMILES string of the molecule is Cc1ccccc1-n1ncc(C(=O)NCCCN2CCCC2=O)c1C. The van der Waals surface area contributed by atoms with E-state index in [9.17, 15) is 9.59 Å². The Morgan fingerprint density at radius 2 is 2.08 bits per heavy atom. The van der Waals surface area contributed by atoms with Crippen molar-refractivity contribution in [3.8, 4) is 5.69 Å². The Balaban J connectivity index is 1.58. The van der Waals surface area contributed by atoms with E-state index in [1.54, 1.807) is 10.9 Å². The van der Waals surface area contributed by atoms with Gasteiger partial charge < -0.3 is 10.2 Å². The van der Waals surface area contributed by atoms with Crippen molar-refractivity contribution < 1.29 is 9.59 Å². The first kappa shape index (κ1) is 17.2. The van der Waals surface area contributed by atoms with Crippen LogP contribution in [0, 0.1) is 13.8 Å². The number of para-hydroxylation sites is 1. The van der Waals surface area contributed by atoms with Crippen molar-refractivity contribution in [1.82, 2.24) is 20.0 Å². The smallest absolute Gasteiger partial charge is 0.254 e. The van der Waals surface area contributed by atoms with Crippen molar-refractivity contribution in [2.45, 2.75) is 33.1 Å². The first-order chi connectivity index (χ1) is 12.1. The van der Waals surface area contributed by atoms with Crippen LogP contribution in [0.1, 0.15) is 40.9 Å². The summed E-state index contributed by atoms with van der Waals surface area (Å²) < 4.78 is 1.80. The largest absolute Gasteiger partial charge is 0.352 e. The van der Waals surface area contributed by atoms with Crippen LogP contribution in [0.15, 0.2) is 30.5 Å². The molecule has 6 nitrogen and oxygen atoms in total. The second-order valence-corrected chi connectivity index (χ2v) is 6.44. The van der Waals surface area contributed by atoms with Crippen LogP contribution in [-0.4, -0.2) is 46.1 Å². The minimum atomic E-state index is -0.120. The quantitative estimate of drug-likeness (QED) is 0.820. The van der Waals surface area contributed by atoms with Crippen LogP contribution in [0.3, 0.4) is 0 Å². The summed E-state index contributed by atoms with van der Waals surface area (Å²) in [5.41, 5.74) is 3.49. The fourth-order valence-electron chi connectivity index (χ4n) is 3.18. The molecular weight excluding hydrogens is 316 g/mol. The van der Waals surface area contributed by atoms with Gasteiger partial charge in [0, 0.05) is 26.1 Å². The lowest BCUT2D eigenvalue weighted by molar-refractivity contribution is -0.127. The Morgan fingerprint density at radius 1 is 1.28 bits per heavy atom. The van der Waals surface area contributed by atoms with Crippen molar-refractivity contribution in [2.75, 3.05) is 19.6 Å². The second-order valence-electron chi connectivity index (χ2n) is 6.44. The summed E-state index contributed by atoms with van der Waals surface area (Å²) in [5, 5.41) is 7.30. The molecule has 1 fully saturated rings. The van der Waals surface area contributed by atoms with Crippen LogP contribution in [0.4, 0.5) is 0 Å². The zero-order valence-corrected chi connectivity index (χ0v) is 14.8. The summed E-state index contributed by atoms with van der Waals surface area (Å²) in [6, 6.07) is 7.96. The highest BCUT2D eigenvalue weighted by Crippen LogP contribution is 2.17. The van der Waals surface area contributed by atoms with Crippen molar-refractivity contribution in [2.24, 2.45) is 0 Å². The van der Waals surface area contributed by atoms with Crippen LogP contribution in [0.2, 0.25) is 0 Å². The average Bonchev–Trinajstić information content (AvgIpc) is 3.18. The molecule has 0 bridgehead atoms. The van der Waals surface area contributed by atoms with Gasteiger partial charge in [-0.15, -0.1) is 0 Å². The molecule has 0 atom stereocenters. The summed E-state index contributed by atoms with van der Waals surface area (Å²) in [6.45, 7) is 6.03. The fraction of sp³-hybridized carbons (Fsp3) is 0.421. The maximum absolute atomic E-state index is 12.4. The molecule has 1 N–H and O–H groups in total. The summed E-state index contributed by atoms with van der Waals surface area (Å²) in [6.07, 6.45) is 3.98. The molecule has 0 aliphatic carbocycles. The van der Waals surface area contributed by atoms with E-state index in [1.165, 1.54) is 0 Å². The first-order valence-corrected chi connectivity index (χ1v) is 8.74. The van der Waals surface area contributed by atoms with Gasteiger partial charge in [-0.05, 0) is 38.3 Å². The van der Waals surface area contributed by atoms with E-state index in [1.807, 2.05) is 43.0 Å². The van der Waals surface area contributed by atoms with E-state index in [4.69, 9.17) is 0 Å². The van der Waals surface area contributed by atoms with Gasteiger partial charge in [-0.3, -0.25) is 9.59 Å². The van der Waals surface area contributed by atoms with Crippen LogP contribution < -0.4 is 5.32 Å². The normalized spacial score (nSPS) is 14.2. The standard InChI is InChI=1S/C19H24N4O2/c1-14-7-3-4-8-17(14)23-15(2)16(13-21-23)19(25)20-10-6-12-22-11-5-9-18(22)24/h3-4,7-8,13H,5-6,9-12H2,1-2H3,(H,20,25). The number of carbonyl (C=O) groups is 2. The molecule has 0 spiro atoms.